The van der Waals surface area contributed by atoms with E-state index in [9.17, 15) is 14.4 Å². The molecule has 1 aromatic carbocycles. The van der Waals surface area contributed by atoms with Gasteiger partial charge in [0.2, 0.25) is 5.78 Å². The van der Waals surface area contributed by atoms with Crippen molar-refractivity contribution in [1.82, 2.24) is 4.98 Å². The van der Waals surface area contributed by atoms with Crippen molar-refractivity contribution >= 4 is 22.7 Å². The second-order valence-corrected chi connectivity index (χ2v) is 7.06. The molecule has 0 saturated heterocycles. The average molecular weight is 411 g/mol. The highest BCUT2D eigenvalue weighted by atomic mass is 16.5. The van der Waals surface area contributed by atoms with Crippen LogP contribution in [0.5, 0.6) is 5.75 Å². The first-order valence-corrected chi connectivity index (χ1v) is 9.94. The molecule has 158 valence electrons. The highest BCUT2D eigenvalue weighted by Gasteiger charge is 2.23. The topological polar surface area (TPSA) is 98.6 Å². The first-order chi connectivity index (χ1) is 14.3. The molecule has 2 heterocycles. The van der Waals surface area contributed by atoms with Crippen molar-refractivity contribution in [1.29, 1.82) is 0 Å². The molecule has 0 fully saturated rings. The highest BCUT2D eigenvalue weighted by molar-refractivity contribution is 6.02. The molecule has 0 bridgehead atoms. The number of Topliss-reactive ketones (excluding diaryl/α,β-unsaturated/α-hetero) is 1. The molecule has 3 aromatic rings. The summed E-state index contributed by atoms with van der Waals surface area (Å²) in [5.74, 6) is -0.345. The van der Waals surface area contributed by atoms with Gasteiger partial charge < -0.3 is 18.9 Å². The monoisotopic (exact) mass is 411 g/mol. The van der Waals surface area contributed by atoms with Gasteiger partial charge in [-0.15, -0.1) is 0 Å². The van der Waals surface area contributed by atoms with Crippen LogP contribution in [0.1, 0.15) is 57.9 Å². The van der Waals surface area contributed by atoms with E-state index in [2.05, 4.69) is 4.98 Å². The Bertz CT molecular complexity index is 1150. The SMILES string of the molecule is CCCc1cc(=O)oc2cc(OCC(=O)c3[nH]c(C)c(C(=O)OCC)c3C)ccc12. The number of aromatic nitrogens is 1. The smallest absolute Gasteiger partial charge is 0.340 e. The van der Waals surface area contributed by atoms with Crippen molar-refractivity contribution in [3.05, 3.63) is 62.8 Å². The highest BCUT2D eigenvalue weighted by Crippen LogP contribution is 2.24. The summed E-state index contributed by atoms with van der Waals surface area (Å²) in [6, 6.07) is 6.69. The van der Waals surface area contributed by atoms with Gasteiger partial charge >= 0.3 is 11.6 Å². The molecule has 7 heteroatoms. The molecular weight excluding hydrogens is 386 g/mol. The zero-order valence-electron chi connectivity index (χ0n) is 17.6. The van der Waals surface area contributed by atoms with E-state index in [4.69, 9.17) is 13.9 Å². The second-order valence-electron chi connectivity index (χ2n) is 7.06. The molecule has 1 N–H and O–H groups in total. The number of rotatable bonds is 8. The zero-order valence-corrected chi connectivity index (χ0v) is 17.6. The number of nitrogens with one attached hydrogen (secondary N) is 1. The first kappa shape index (κ1) is 21.4. The lowest BCUT2D eigenvalue weighted by molar-refractivity contribution is 0.0525. The third-order valence-corrected chi connectivity index (χ3v) is 4.89. The molecule has 7 nitrogen and oxygen atoms in total. The van der Waals surface area contributed by atoms with Gasteiger partial charge in [0.15, 0.2) is 6.61 Å². The predicted molar refractivity (Wildman–Crippen MR) is 113 cm³/mol. The minimum absolute atomic E-state index is 0.229. The van der Waals surface area contributed by atoms with Gasteiger partial charge in [-0.05, 0) is 50.5 Å². The van der Waals surface area contributed by atoms with E-state index >= 15 is 0 Å². The summed E-state index contributed by atoms with van der Waals surface area (Å²) in [7, 11) is 0. The maximum atomic E-state index is 12.7. The molecule has 30 heavy (non-hydrogen) atoms. The summed E-state index contributed by atoms with van der Waals surface area (Å²) in [5, 5.41) is 0.852. The number of H-pyrrole nitrogens is 1. The van der Waals surface area contributed by atoms with Crippen LogP contribution >= 0.6 is 0 Å². The summed E-state index contributed by atoms with van der Waals surface area (Å²) in [5.41, 5.74) is 2.73. The molecule has 0 radical (unpaired) electrons. The maximum Gasteiger partial charge on any atom is 0.340 e. The Morgan fingerprint density at radius 3 is 2.60 bits per heavy atom. The quantitative estimate of drug-likeness (QED) is 0.340. The van der Waals surface area contributed by atoms with Crippen molar-refractivity contribution in [2.45, 2.75) is 40.5 Å². The molecule has 2 aromatic heterocycles. The van der Waals surface area contributed by atoms with Crippen molar-refractivity contribution in [3.63, 3.8) is 0 Å². The summed E-state index contributed by atoms with van der Waals surface area (Å²) in [6.07, 6.45) is 1.68. The van der Waals surface area contributed by atoms with E-state index in [1.165, 1.54) is 6.07 Å². The number of ketones is 1. The lowest BCUT2D eigenvalue weighted by atomic mass is 10.1. The first-order valence-electron chi connectivity index (χ1n) is 9.94. The number of carbonyl (C=O) groups excluding carboxylic acids is 2. The lowest BCUT2D eigenvalue weighted by Crippen LogP contribution is -2.14. The van der Waals surface area contributed by atoms with E-state index in [-0.39, 0.29) is 19.0 Å². The van der Waals surface area contributed by atoms with Crippen LogP contribution in [0.3, 0.4) is 0 Å². The van der Waals surface area contributed by atoms with Crippen LogP contribution in [0.2, 0.25) is 0 Å². The van der Waals surface area contributed by atoms with Crippen LogP contribution in [0, 0.1) is 13.8 Å². The number of ether oxygens (including phenoxy) is 2. The number of hydrogen-bond acceptors (Lipinski definition) is 6. The minimum atomic E-state index is -0.462. The number of aromatic amines is 1. The Morgan fingerprint density at radius 1 is 1.13 bits per heavy atom. The number of esters is 1. The lowest BCUT2D eigenvalue weighted by Gasteiger charge is -2.08. The van der Waals surface area contributed by atoms with Gasteiger partial charge in [-0.3, -0.25) is 4.79 Å². The van der Waals surface area contributed by atoms with E-state index in [1.54, 1.807) is 32.9 Å². The van der Waals surface area contributed by atoms with Gasteiger partial charge in [-0.1, -0.05) is 13.3 Å². The van der Waals surface area contributed by atoms with Crippen LogP contribution in [0.15, 0.2) is 33.5 Å². The van der Waals surface area contributed by atoms with Gasteiger partial charge in [0.05, 0.1) is 17.9 Å². The third kappa shape index (κ3) is 4.30. The zero-order chi connectivity index (χ0) is 21.8. The maximum absolute atomic E-state index is 12.7. The van der Waals surface area contributed by atoms with Crippen molar-refractivity contribution < 1.29 is 23.5 Å². The standard InChI is InChI=1S/C23H25NO6/c1-5-7-15-10-20(26)30-19-11-16(8-9-17(15)19)29-12-18(25)22-13(3)21(14(4)24-22)23(27)28-6-2/h8-11,24H,5-7,12H2,1-4H3. The predicted octanol–water partition coefficient (Wildman–Crippen LogP) is 4.13. The van der Waals surface area contributed by atoms with Crippen LogP contribution in [-0.2, 0) is 11.2 Å². The van der Waals surface area contributed by atoms with E-state index in [0.717, 1.165) is 23.8 Å². The molecule has 0 amide bonds. The summed E-state index contributed by atoms with van der Waals surface area (Å²) in [6.45, 7) is 7.22. The number of benzene rings is 1. The molecule has 0 aliphatic heterocycles. The summed E-state index contributed by atoms with van der Waals surface area (Å²) < 4.78 is 16.0. The van der Waals surface area contributed by atoms with E-state index in [1.807, 2.05) is 13.0 Å². The Morgan fingerprint density at radius 2 is 1.90 bits per heavy atom. The van der Waals surface area contributed by atoms with Gasteiger partial charge in [0, 0.05) is 23.2 Å². The Labute approximate surface area is 174 Å². The second kappa shape index (κ2) is 8.98. The van der Waals surface area contributed by atoms with Crippen molar-refractivity contribution in [3.8, 4) is 5.75 Å². The summed E-state index contributed by atoms with van der Waals surface area (Å²) in [4.78, 5) is 39.5. The molecule has 0 atom stereocenters. The fraction of sp³-hybridized carbons (Fsp3) is 0.348. The number of hydrogen-bond donors (Lipinski definition) is 1. The average Bonchev–Trinajstić information content (AvgIpc) is 3.00. The largest absolute Gasteiger partial charge is 0.485 e. The molecule has 0 spiro atoms. The van der Waals surface area contributed by atoms with Crippen molar-refractivity contribution in [2.75, 3.05) is 13.2 Å². The fourth-order valence-electron chi connectivity index (χ4n) is 3.54. The van der Waals surface area contributed by atoms with Crippen molar-refractivity contribution in [2.24, 2.45) is 0 Å². The van der Waals surface area contributed by atoms with Crippen LogP contribution in [0.25, 0.3) is 11.0 Å². The van der Waals surface area contributed by atoms with E-state index < -0.39 is 11.6 Å². The summed E-state index contributed by atoms with van der Waals surface area (Å²) >= 11 is 0. The Hall–Kier alpha value is -3.35. The molecule has 0 unspecified atom stereocenters. The molecule has 3 rings (SSSR count). The fourth-order valence-corrected chi connectivity index (χ4v) is 3.54. The minimum Gasteiger partial charge on any atom is -0.485 e. The Kier molecular flexibility index (Phi) is 6.40. The van der Waals surface area contributed by atoms with Gasteiger partial charge in [0.25, 0.3) is 0 Å². The van der Waals surface area contributed by atoms with E-state index in [0.29, 0.717) is 33.8 Å². The van der Waals surface area contributed by atoms with Crippen LogP contribution in [-0.4, -0.2) is 30.0 Å². The van der Waals surface area contributed by atoms with Gasteiger partial charge in [0.1, 0.15) is 11.3 Å². The third-order valence-electron chi connectivity index (χ3n) is 4.89. The van der Waals surface area contributed by atoms with Gasteiger partial charge in [-0.25, -0.2) is 9.59 Å². The Balaban J connectivity index is 1.79. The molecule has 0 aliphatic rings. The molecule has 0 saturated carbocycles. The number of carbonyl (C=O) groups is 2. The normalized spacial score (nSPS) is 10.9. The molecular formula is C23H25NO6. The number of aryl methyl sites for hydroxylation is 2. The van der Waals surface area contributed by atoms with Crippen LogP contribution in [0.4, 0.5) is 0 Å². The number of fused-ring (bicyclic) bond motifs is 1. The van der Waals surface area contributed by atoms with Crippen LogP contribution < -0.4 is 10.4 Å². The van der Waals surface area contributed by atoms with Gasteiger partial charge in [-0.2, -0.15) is 0 Å². The molecule has 0 aliphatic carbocycles.